The second-order valence-electron chi connectivity index (χ2n) is 3.60. The molecule has 0 radical (unpaired) electrons. The Morgan fingerprint density at radius 3 is 2.88 bits per heavy atom. The van der Waals surface area contributed by atoms with Crippen molar-refractivity contribution in [2.45, 2.75) is 18.2 Å². The molecule has 0 spiro atoms. The topological polar surface area (TPSA) is 70.6 Å². The number of nitrogens with zero attached hydrogens (tertiary/aromatic N) is 1. The maximum Gasteiger partial charge on any atom is 0.266 e. The van der Waals surface area contributed by atoms with Crippen LogP contribution in [0.2, 0.25) is 0 Å². The van der Waals surface area contributed by atoms with E-state index in [4.69, 9.17) is 0 Å². The minimum Gasteiger partial charge on any atom is -0.324 e. The molecule has 1 heterocycles. The Hall–Kier alpha value is -1.08. The van der Waals surface area contributed by atoms with Gasteiger partial charge in [0.05, 0.1) is 5.69 Å². The van der Waals surface area contributed by atoms with Crippen LogP contribution in [0.15, 0.2) is 32.6 Å². The summed E-state index contributed by atoms with van der Waals surface area (Å²) in [5.41, 5.74) is 0.543. The molecule has 17 heavy (non-hydrogen) atoms. The average molecular weight is 318 g/mol. The number of anilines is 1. The van der Waals surface area contributed by atoms with Crippen LogP contribution in [0, 0.1) is 0 Å². The highest BCUT2D eigenvalue weighted by molar-refractivity contribution is 9.10. The molecule has 2 rings (SSSR count). The molecule has 1 aromatic rings. The minimum absolute atomic E-state index is 0.224. The van der Waals surface area contributed by atoms with Gasteiger partial charge in [0.25, 0.3) is 10.0 Å². The lowest BCUT2D eigenvalue weighted by Crippen LogP contribution is -2.40. The van der Waals surface area contributed by atoms with E-state index in [0.717, 1.165) is 10.9 Å². The number of fused-ring (bicyclic) bond motifs is 1. The molecule has 1 aliphatic heterocycles. The molecular formula is C10H12BrN3O2S. The van der Waals surface area contributed by atoms with Crippen molar-refractivity contribution < 1.29 is 8.42 Å². The van der Waals surface area contributed by atoms with Crippen molar-refractivity contribution in [3.05, 3.63) is 22.7 Å². The minimum atomic E-state index is -3.52. The number of rotatable bonds is 2. The Morgan fingerprint density at radius 2 is 2.18 bits per heavy atom. The molecule has 0 atom stereocenters. The van der Waals surface area contributed by atoms with Gasteiger partial charge in [0.15, 0.2) is 0 Å². The quantitative estimate of drug-likeness (QED) is 0.875. The van der Waals surface area contributed by atoms with Crippen LogP contribution >= 0.6 is 15.9 Å². The molecule has 5 nitrogen and oxygen atoms in total. The Kier molecular flexibility index (Phi) is 3.39. The van der Waals surface area contributed by atoms with Crippen LogP contribution in [0.4, 0.5) is 5.69 Å². The zero-order valence-electron chi connectivity index (χ0n) is 9.20. The van der Waals surface area contributed by atoms with E-state index in [1.54, 1.807) is 18.2 Å². The van der Waals surface area contributed by atoms with Crippen molar-refractivity contribution in [1.29, 1.82) is 0 Å². The van der Waals surface area contributed by atoms with E-state index in [-0.39, 0.29) is 10.9 Å². The number of sulfonamides is 1. The van der Waals surface area contributed by atoms with Gasteiger partial charge in [-0.25, -0.2) is 13.1 Å². The summed E-state index contributed by atoms with van der Waals surface area (Å²) in [5, 5.41) is 2.95. The number of aliphatic imine (C=N–C) groups is 1. The molecule has 0 aliphatic carbocycles. The predicted octanol–water partition coefficient (Wildman–Crippen LogP) is 1.92. The van der Waals surface area contributed by atoms with Gasteiger partial charge < -0.3 is 5.32 Å². The predicted molar refractivity (Wildman–Crippen MR) is 70.7 cm³/mol. The fraction of sp³-hybridized carbons (Fsp3) is 0.300. The van der Waals surface area contributed by atoms with E-state index in [9.17, 15) is 8.42 Å². The Labute approximate surface area is 109 Å². The van der Waals surface area contributed by atoms with E-state index < -0.39 is 10.0 Å². The number of nitrogens with one attached hydrogen (secondary N) is 2. The molecule has 0 saturated carbocycles. The largest absolute Gasteiger partial charge is 0.324 e. The first-order valence-electron chi connectivity index (χ1n) is 5.17. The smallest absolute Gasteiger partial charge is 0.266 e. The summed E-state index contributed by atoms with van der Waals surface area (Å²) >= 11 is 3.25. The van der Waals surface area contributed by atoms with Crippen LogP contribution in [0.1, 0.15) is 13.3 Å². The van der Waals surface area contributed by atoms with E-state index in [1.165, 1.54) is 0 Å². The molecule has 1 aromatic carbocycles. The molecule has 0 bridgehead atoms. The first kappa shape index (κ1) is 12.4. The SMILES string of the molecule is CCCN=C1Nc2ccc(Br)cc2S(=O)(=O)N1. The summed E-state index contributed by atoms with van der Waals surface area (Å²) in [7, 11) is -3.52. The number of halogens is 1. The van der Waals surface area contributed by atoms with Crippen LogP contribution in [-0.4, -0.2) is 20.9 Å². The third kappa shape index (κ3) is 2.61. The van der Waals surface area contributed by atoms with Gasteiger partial charge in [-0.3, -0.25) is 4.99 Å². The fourth-order valence-electron chi connectivity index (χ4n) is 1.45. The molecule has 92 valence electrons. The summed E-state index contributed by atoms with van der Waals surface area (Å²) in [6, 6.07) is 5.05. The maximum atomic E-state index is 11.9. The molecule has 2 N–H and O–H groups in total. The lowest BCUT2D eigenvalue weighted by molar-refractivity contribution is 0.591. The first-order chi connectivity index (χ1) is 8.03. The summed E-state index contributed by atoms with van der Waals surface area (Å²) in [4.78, 5) is 4.35. The van der Waals surface area contributed by atoms with Crippen LogP contribution in [0.5, 0.6) is 0 Å². The van der Waals surface area contributed by atoms with Gasteiger partial charge >= 0.3 is 0 Å². The molecule has 7 heteroatoms. The van der Waals surface area contributed by atoms with Gasteiger partial charge in [-0.1, -0.05) is 22.9 Å². The van der Waals surface area contributed by atoms with Gasteiger partial charge in [0.2, 0.25) is 5.96 Å². The second-order valence-corrected chi connectivity index (χ2v) is 6.17. The van der Waals surface area contributed by atoms with Crippen molar-refractivity contribution in [2.24, 2.45) is 4.99 Å². The van der Waals surface area contributed by atoms with Gasteiger partial charge in [-0.2, -0.15) is 0 Å². The molecular weight excluding hydrogens is 306 g/mol. The van der Waals surface area contributed by atoms with Crippen molar-refractivity contribution >= 4 is 37.6 Å². The molecule has 0 fully saturated rings. The molecule has 0 unspecified atom stereocenters. The number of benzene rings is 1. The average Bonchev–Trinajstić information content (AvgIpc) is 2.27. The van der Waals surface area contributed by atoms with E-state index >= 15 is 0 Å². The third-order valence-corrected chi connectivity index (χ3v) is 4.08. The Bertz CT molecular complexity index is 569. The van der Waals surface area contributed by atoms with Gasteiger partial charge in [-0.05, 0) is 24.6 Å². The highest BCUT2D eigenvalue weighted by Gasteiger charge is 2.26. The molecule has 0 saturated heterocycles. The molecule has 0 aromatic heterocycles. The van der Waals surface area contributed by atoms with Gasteiger partial charge in [0, 0.05) is 11.0 Å². The highest BCUT2D eigenvalue weighted by Crippen LogP contribution is 2.27. The van der Waals surface area contributed by atoms with E-state index in [0.29, 0.717) is 12.2 Å². The van der Waals surface area contributed by atoms with Gasteiger partial charge in [0.1, 0.15) is 4.90 Å². The van der Waals surface area contributed by atoms with Crippen molar-refractivity contribution in [2.75, 3.05) is 11.9 Å². The molecule has 0 amide bonds. The Balaban J connectivity index is 2.45. The first-order valence-corrected chi connectivity index (χ1v) is 7.44. The monoisotopic (exact) mass is 317 g/mol. The number of hydrogen-bond acceptors (Lipinski definition) is 3. The normalized spacial score (nSPS) is 19.3. The Morgan fingerprint density at radius 1 is 1.41 bits per heavy atom. The third-order valence-electron chi connectivity index (χ3n) is 2.21. The van der Waals surface area contributed by atoms with Crippen molar-refractivity contribution in [3.8, 4) is 0 Å². The van der Waals surface area contributed by atoms with Crippen LogP contribution in [0.3, 0.4) is 0 Å². The fourth-order valence-corrected chi connectivity index (χ4v) is 3.14. The van der Waals surface area contributed by atoms with Crippen LogP contribution in [0.25, 0.3) is 0 Å². The summed E-state index contributed by atoms with van der Waals surface area (Å²) in [6.07, 6.45) is 0.861. The lowest BCUT2D eigenvalue weighted by Gasteiger charge is -2.21. The summed E-state index contributed by atoms with van der Waals surface area (Å²) in [5.74, 6) is 0.279. The lowest BCUT2D eigenvalue weighted by atomic mass is 10.3. The highest BCUT2D eigenvalue weighted by atomic mass is 79.9. The summed E-state index contributed by atoms with van der Waals surface area (Å²) < 4.78 is 27.0. The van der Waals surface area contributed by atoms with Crippen molar-refractivity contribution in [3.63, 3.8) is 0 Å². The zero-order chi connectivity index (χ0) is 12.5. The zero-order valence-corrected chi connectivity index (χ0v) is 11.6. The standard InChI is InChI=1S/C10H12BrN3O2S/c1-2-5-12-10-13-8-4-3-7(11)6-9(8)17(15,16)14-10/h3-4,6H,2,5H2,1H3,(H2,12,13,14). The van der Waals surface area contributed by atoms with Crippen LogP contribution < -0.4 is 10.0 Å². The number of hydrogen-bond donors (Lipinski definition) is 2. The second kappa shape index (κ2) is 4.66. The maximum absolute atomic E-state index is 11.9. The number of guanidine groups is 1. The molecule has 1 aliphatic rings. The van der Waals surface area contributed by atoms with E-state index in [2.05, 4.69) is 31.0 Å². The van der Waals surface area contributed by atoms with E-state index in [1.807, 2.05) is 6.92 Å². The van der Waals surface area contributed by atoms with Crippen LogP contribution in [-0.2, 0) is 10.0 Å². The van der Waals surface area contributed by atoms with Crippen molar-refractivity contribution in [1.82, 2.24) is 4.72 Å². The van der Waals surface area contributed by atoms with Gasteiger partial charge in [-0.15, -0.1) is 0 Å². The summed E-state index contributed by atoms with van der Waals surface area (Å²) in [6.45, 7) is 2.56.